The molecule has 0 fully saturated rings. The van der Waals surface area contributed by atoms with E-state index in [1.54, 1.807) is 7.11 Å². The van der Waals surface area contributed by atoms with Crippen LogP contribution in [0.15, 0.2) is 158 Å². The van der Waals surface area contributed by atoms with E-state index in [9.17, 15) is 0 Å². The van der Waals surface area contributed by atoms with Gasteiger partial charge in [-0.25, -0.2) is 0 Å². The van der Waals surface area contributed by atoms with Crippen LogP contribution in [0.2, 0.25) is 0 Å². The molecule has 3 heteroatoms. The van der Waals surface area contributed by atoms with Crippen LogP contribution >= 0.6 is 0 Å². The van der Waals surface area contributed by atoms with Gasteiger partial charge in [0.05, 0.1) is 6.61 Å². The first-order valence-corrected chi connectivity index (χ1v) is 14.2. The molecule has 0 amide bonds. The monoisotopic (exact) mass is 546 g/mol. The highest BCUT2D eigenvalue weighted by molar-refractivity contribution is 5.83. The maximum Gasteiger partial charge on any atom is 0.0713 e. The summed E-state index contributed by atoms with van der Waals surface area (Å²) in [5.41, 5.74) is 11.5. The van der Waals surface area contributed by atoms with E-state index in [-0.39, 0.29) is 0 Å². The Morgan fingerprint density at radius 2 is 0.905 bits per heavy atom. The average molecular weight is 547 g/mol. The summed E-state index contributed by atoms with van der Waals surface area (Å²) < 4.78 is 5.34. The van der Waals surface area contributed by atoms with E-state index < -0.39 is 0 Å². The van der Waals surface area contributed by atoms with E-state index in [0.29, 0.717) is 6.61 Å². The van der Waals surface area contributed by atoms with Gasteiger partial charge in [-0.15, -0.1) is 0 Å². The minimum absolute atomic E-state index is 0.597. The first-order chi connectivity index (χ1) is 20.7. The molecule has 0 saturated heterocycles. The predicted octanol–water partition coefficient (Wildman–Crippen LogP) is 10.4. The molecular weight excluding hydrogens is 512 g/mol. The van der Waals surface area contributed by atoms with Crippen molar-refractivity contribution in [3.63, 3.8) is 0 Å². The Morgan fingerprint density at radius 3 is 1.45 bits per heavy atom. The molecule has 0 radical (unpaired) electrons. The van der Waals surface area contributed by atoms with E-state index >= 15 is 0 Å². The lowest BCUT2D eigenvalue weighted by Crippen LogP contribution is -2.12. The molecule has 0 unspecified atom stereocenters. The van der Waals surface area contributed by atoms with Gasteiger partial charge in [0.1, 0.15) is 0 Å². The second-order valence-corrected chi connectivity index (χ2v) is 10.3. The van der Waals surface area contributed by atoms with Crippen LogP contribution in [0.4, 0.5) is 28.4 Å². The Bertz CT molecular complexity index is 1660. The zero-order valence-corrected chi connectivity index (χ0v) is 24.0. The van der Waals surface area contributed by atoms with Crippen LogP contribution in [-0.2, 0) is 11.3 Å². The minimum Gasteiger partial charge on any atom is -0.380 e. The second-order valence-electron chi connectivity index (χ2n) is 10.3. The third-order valence-electron chi connectivity index (χ3n) is 7.53. The fourth-order valence-electron chi connectivity index (χ4n) is 5.35. The summed E-state index contributed by atoms with van der Waals surface area (Å²) in [5, 5.41) is 0. The van der Waals surface area contributed by atoms with Crippen LogP contribution in [-0.4, -0.2) is 14.2 Å². The van der Waals surface area contributed by atoms with Gasteiger partial charge in [-0.3, -0.25) is 0 Å². The van der Waals surface area contributed by atoms with Crippen molar-refractivity contribution in [2.24, 2.45) is 0 Å². The molecule has 206 valence electrons. The van der Waals surface area contributed by atoms with Crippen molar-refractivity contribution in [3.05, 3.63) is 163 Å². The summed E-state index contributed by atoms with van der Waals surface area (Å²) in [6, 6.07) is 55.9. The van der Waals surface area contributed by atoms with Crippen LogP contribution in [0.3, 0.4) is 0 Å². The van der Waals surface area contributed by atoms with Crippen molar-refractivity contribution in [1.29, 1.82) is 0 Å². The Kier molecular flexibility index (Phi) is 8.12. The zero-order valence-electron chi connectivity index (χ0n) is 24.0. The van der Waals surface area contributed by atoms with Crippen molar-refractivity contribution in [2.45, 2.75) is 6.61 Å². The molecule has 0 heterocycles. The zero-order chi connectivity index (χ0) is 28.7. The van der Waals surface area contributed by atoms with Crippen molar-refractivity contribution in [1.82, 2.24) is 0 Å². The smallest absolute Gasteiger partial charge is 0.0713 e. The first-order valence-electron chi connectivity index (χ1n) is 14.2. The van der Waals surface area contributed by atoms with Gasteiger partial charge in [-0.2, -0.15) is 0 Å². The maximum atomic E-state index is 5.34. The van der Waals surface area contributed by atoms with Gasteiger partial charge in [0.25, 0.3) is 0 Å². The molecule has 0 aliphatic heterocycles. The van der Waals surface area contributed by atoms with Crippen LogP contribution < -0.4 is 9.80 Å². The van der Waals surface area contributed by atoms with Gasteiger partial charge in [-0.05, 0) is 88.5 Å². The fourth-order valence-corrected chi connectivity index (χ4v) is 5.35. The second kappa shape index (κ2) is 12.6. The molecule has 3 nitrogen and oxygen atoms in total. The number of benzene rings is 6. The molecule has 0 N–H and O–H groups in total. The van der Waals surface area contributed by atoms with Gasteiger partial charge in [-0.1, -0.05) is 97.1 Å². The molecular formula is C39H34N2O. The molecule has 6 aromatic carbocycles. The average Bonchev–Trinajstić information content (AvgIpc) is 3.06. The number of methoxy groups -OCH3 is 1. The summed E-state index contributed by atoms with van der Waals surface area (Å²) in [4.78, 5) is 4.54. The Balaban J connectivity index is 1.40. The van der Waals surface area contributed by atoms with E-state index in [1.165, 1.54) is 22.3 Å². The quantitative estimate of drug-likeness (QED) is 0.179. The van der Waals surface area contributed by atoms with Crippen LogP contribution in [0.5, 0.6) is 0 Å². The molecule has 6 aromatic rings. The molecule has 0 aliphatic rings. The summed E-state index contributed by atoms with van der Waals surface area (Å²) in [6.45, 7) is 0.597. The van der Waals surface area contributed by atoms with Crippen molar-refractivity contribution in [2.75, 3.05) is 24.0 Å². The molecule has 0 atom stereocenters. The summed E-state index contributed by atoms with van der Waals surface area (Å²) >= 11 is 0. The minimum atomic E-state index is 0.597. The predicted molar refractivity (Wildman–Crippen MR) is 177 cm³/mol. The van der Waals surface area contributed by atoms with Crippen molar-refractivity contribution in [3.8, 4) is 22.3 Å². The van der Waals surface area contributed by atoms with Crippen molar-refractivity contribution >= 4 is 28.4 Å². The van der Waals surface area contributed by atoms with Crippen molar-refractivity contribution < 1.29 is 4.74 Å². The fraction of sp³-hybridized carbons (Fsp3) is 0.0769. The first kappa shape index (κ1) is 27.1. The third kappa shape index (κ3) is 5.97. The van der Waals surface area contributed by atoms with E-state index in [1.807, 2.05) is 0 Å². The Morgan fingerprint density at radius 1 is 0.429 bits per heavy atom. The molecule has 42 heavy (non-hydrogen) atoms. The van der Waals surface area contributed by atoms with E-state index in [4.69, 9.17) is 4.74 Å². The van der Waals surface area contributed by atoms with Crippen LogP contribution in [0, 0.1) is 0 Å². The molecule has 0 bridgehead atoms. The standard InChI is InChI=1S/C39H34N2O/c1-40(37-19-9-12-30(26-37)29-42-2)35-22-24-36(25-23-35)41(38-20-10-17-33(27-38)31-13-5-3-6-14-31)39-21-11-18-34(28-39)32-15-7-4-8-16-32/h3-28H,29H2,1-2H3. The molecule has 0 aromatic heterocycles. The number of hydrogen-bond donors (Lipinski definition) is 0. The Hall–Kier alpha value is -5.12. The lowest BCUT2D eigenvalue weighted by atomic mass is 10.0. The lowest BCUT2D eigenvalue weighted by Gasteiger charge is -2.27. The molecule has 0 spiro atoms. The lowest BCUT2D eigenvalue weighted by molar-refractivity contribution is 0.185. The number of anilines is 5. The van der Waals surface area contributed by atoms with Gasteiger partial charge in [0.2, 0.25) is 0 Å². The number of ether oxygens (including phenoxy) is 1. The van der Waals surface area contributed by atoms with Gasteiger partial charge < -0.3 is 14.5 Å². The molecule has 0 saturated carbocycles. The largest absolute Gasteiger partial charge is 0.380 e. The summed E-state index contributed by atoms with van der Waals surface area (Å²) in [7, 11) is 3.83. The molecule has 0 aliphatic carbocycles. The maximum absolute atomic E-state index is 5.34. The van der Waals surface area contributed by atoms with Gasteiger partial charge in [0, 0.05) is 42.6 Å². The third-order valence-corrected chi connectivity index (χ3v) is 7.53. The van der Waals surface area contributed by atoms with E-state index in [0.717, 1.165) is 34.0 Å². The van der Waals surface area contributed by atoms with Crippen LogP contribution in [0.1, 0.15) is 5.56 Å². The molecule has 6 rings (SSSR count). The summed E-state index contributed by atoms with van der Waals surface area (Å²) in [5.74, 6) is 0. The SMILES string of the molecule is COCc1cccc(N(C)c2ccc(N(c3cccc(-c4ccccc4)c3)c3cccc(-c4ccccc4)c3)cc2)c1. The Labute approximate surface area is 248 Å². The van der Waals surface area contributed by atoms with Gasteiger partial charge in [0.15, 0.2) is 0 Å². The number of nitrogens with zero attached hydrogens (tertiary/aromatic N) is 2. The highest BCUT2D eigenvalue weighted by Crippen LogP contribution is 2.39. The topological polar surface area (TPSA) is 15.7 Å². The normalized spacial score (nSPS) is 10.8. The number of hydrogen-bond acceptors (Lipinski definition) is 3. The highest BCUT2D eigenvalue weighted by atomic mass is 16.5. The highest BCUT2D eigenvalue weighted by Gasteiger charge is 2.15. The number of rotatable bonds is 9. The summed E-state index contributed by atoms with van der Waals surface area (Å²) in [6.07, 6.45) is 0. The van der Waals surface area contributed by atoms with E-state index in [2.05, 4.69) is 175 Å². The van der Waals surface area contributed by atoms with Crippen LogP contribution in [0.25, 0.3) is 22.3 Å². The van der Waals surface area contributed by atoms with Gasteiger partial charge >= 0.3 is 0 Å².